The van der Waals surface area contributed by atoms with E-state index in [2.05, 4.69) is 425 Å². The first kappa shape index (κ1) is 69.0. The Balaban J connectivity index is 0.000000143. The zero-order valence-electron chi connectivity index (χ0n) is 64.1. The monoisotopic (exact) mass is 1500 g/mol. The minimum Gasteiger partial charge on any atom is -0.208 e. The highest BCUT2D eigenvalue weighted by Crippen LogP contribution is 2.49. The molecule has 2 aromatic heterocycles. The van der Waals surface area contributed by atoms with E-state index >= 15 is 0 Å². The van der Waals surface area contributed by atoms with Gasteiger partial charge in [0.2, 0.25) is 0 Å². The maximum absolute atomic E-state index is 5.26. The Morgan fingerprint density at radius 3 is 0.686 bits per heavy atom. The Labute approximate surface area is 681 Å². The first-order valence-electron chi connectivity index (χ1n) is 40.1. The lowest BCUT2D eigenvalue weighted by Crippen LogP contribution is -2.01. The number of benzene rings is 21. The molecule has 0 aliphatic heterocycles. The fraction of sp³-hybridized carbons (Fsp3) is 0. The molecule has 118 heavy (non-hydrogen) atoms. The van der Waals surface area contributed by atoms with Crippen molar-refractivity contribution in [3.8, 4) is 124 Å². The van der Waals surface area contributed by atoms with Crippen molar-refractivity contribution < 1.29 is 0 Å². The van der Waals surface area contributed by atoms with Crippen LogP contribution in [0.15, 0.2) is 425 Å². The van der Waals surface area contributed by atoms with Crippen LogP contribution in [0.2, 0.25) is 0 Å². The van der Waals surface area contributed by atoms with Crippen LogP contribution in [0.25, 0.3) is 232 Å². The molecule has 0 bridgehead atoms. The van der Waals surface area contributed by atoms with Gasteiger partial charge in [-0.3, -0.25) is 0 Å². The normalized spacial score (nSPS) is 11.6. The van der Waals surface area contributed by atoms with Crippen molar-refractivity contribution in [1.29, 1.82) is 0 Å². The van der Waals surface area contributed by atoms with Crippen LogP contribution in [0.3, 0.4) is 0 Å². The van der Waals surface area contributed by atoms with Gasteiger partial charge in [0.1, 0.15) is 0 Å². The molecule has 0 aliphatic carbocycles. The topological polar surface area (TPSA) is 77.3 Å². The number of aromatic nitrogens is 6. The van der Waals surface area contributed by atoms with Crippen LogP contribution < -0.4 is 0 Å². The molecule has 0 saturated heterocycles. The third-order valence-electron chi connectivity index (χ3n) is 23.4. The van der Waals surface area contributed by atoms with Crippen LogP contribution in [0, 0.1) is 0 Å². The van der Waals surface area contributed by atoms with Gasteiger partial charge in [-0.1, -0.05) is 406 Å². The lowest BCUT2D eigenvalue weighted by atomic mass is 9.84. The molecular formula is C112H70N6. The molecule has 0 spiro atoms. The number of hydrogen-bond donors (Lipinski definition) is 0. The van der Waals surface area contributed by atoms with Crippen LogP contribution >= 0.6 is 0 Å². The highest BCUT2D eigenvalue weighted by atomic mass is 15.0. The van der Waals surface area contributed by atoms with Crippen molar-refractivity contribution in [3.63, 3.8) is 0 Å². The first-order chi connectivity index (χ1) is 58.5. The smallest absolute Gasteiger partial charge is 0.164 e. The van der Waals surface area contributed by atoms with E-state index in [0.717, 1.165) is 87.6 Å². The van der Waals surface area contributed by atoms with Crippen molar-refractivity contribution in [2.45, 2.75) is 0 Å². The second-order valence-corrected chi connectivity index (χ2v) is 30.2. The number of rotatable bonds is 11. The third-order valence-corrected chi connectivity index (χ3v) is 23.4. The molecule has 0 unspecified atom stereocenters. The summed E-state index contributed by atoms with van der Waals surface area (Å²) in [6, 6.07) is 151. The summed E-state index contributed by atoms with van der Waals surface area (Å²) < 4.78 is 0. The lowest BCUT2D eigenvalue weighted by molar-refractivity contribution is 1.08. The van der Waals surface area contributed by atoms with Crippen LogP contribution in [0.4, 0.5) is 0 Å². The van der Waals surface area contributed by atoms with Gasteiger partial charge < -0.3 is 0 Å². The summed E-state index contributed by atoms with van der Waals surface area (Å²) in [6.45, 7) is 0. The average Bonchev–Trinajstić information content (AvgIpc) is 0.729. The van der Waals surface area contributed by atoms with E-state index in [1.165, 1.54) is 109 Å². The van der Waals surface area contributed by atoms with Crippen LogP contribution in [-0.2, 0) is 0 Å². The molecule has 6 nitrogen and oxygen atoms in total. The van der Waals surface area contributed by atoms with Gasteiger partial charge in [-0.25, -0.2) is 29.9 Å². The molecule has 6 heteroatoms. The van der Waals surface area contributed by atoms with E-state index in [0.29, 0.717) is 34.9 Å². The summed E-state index contributed by atoms with van der Waals surface area (Å²) >= 11 is 0. The Bertz CT molecular complexity index is 7630. The summed E-state index contributed by atoms with van der Waals surface area (Å²) in [5.74, 6) is 3.85. The quantitative estimate of drug-likeness (QED) is 0.120. The molecule has 23 rings (SSSR count). The molecule has 0 atom stereocenters. The van der Waals surface area contributed by atoms with Crippen molar-refractivity contribution >= 4 is 108 Å². The van der Waals surface area contributed by atoms with Gasteiger partial charge in [-0.15, -0.1) is 0 Å². The molecule has 0 amide bonds. The molecule has 21 aromatic carbocycles. The number of hydrogen-bond acceptors (Lipinski definition) is 6. The van der Waals surface area contributed by atoms with Crippen molar-refractivity contribution in [2.75, 3.05) is 0 Å². The van der Waals surface area contributed by atoms with Gasteiger partial charge in [0.25, 0.3) is 0 Å². The second-order valence-electron chi connectivity index (χ2n) is 30.2. The standard InChI is InChI=1S/C59H37N3.C53H33N3/c1-2-17-43-36-44(35-32-38(43)14-1)39-30-33-42(34-31-39)55-49-24-7-9-26-51(49)56(52-27-10-8-25-50(52)55)45-20-11-21-46(37-45)57-60-58(53-28-12-18-40-15-3-5-22-47(40)53)62-59(61-57)54-29-13-19-41-16-4-6-23-48(41)54;1-4-23-39-34(15-1)18-12-30-42(39)50-45-28-9-7-26-43(45)49(44-27-8-10-29-46(44)50)37-21-11-22-38(33-37)51-54-52(47-31-13-19-35-16-2-5-24-40(35)47)56-53(55-51)48-32-14-20-36-17-3-6-25-41(36)48/h1-37H;1-33H. The van der Waals surface area contributed by atoms with Gasteiger partial charge in [-0.05, 0) is 182 Å². The zero-order chi connectivity index (χ0) is 78.0. The Morgan fingerprint density at radius 1 is 0.110 bits per heavy atom. The Kier molecular flexibility index (Phi) is 17.1. The maximum atomic E-state index is 5.26. The van der Waals surface area contributed by atoms with E-state index in [9.17, 15) is 0 Å². The molecule has 0 radical (unpaired) electrons. The third kappa shape index (κ3) is 12.3. The highest BCUT2D eigenvalue weighted by molar-refractivity contribution is 6.25. The predicted molar refractivity (Wildman–Crippen MR) is 495 cm³/mol. The second kappa shape index (κ2) is 29.3. The van der Waals surface area contributed by atoms with Crippen molar-refractivity contribution in [2.24, 2.45) is 0 Å². The minimum atomic E-state index is 0.629. The summed E-state index contributed by atoms with van der Waals surface area (Å²) in [6.07, 6.45) is 0. The Morgan fingerprint density at radius 2 is 0.339 bits per heavy atom. The molecule has 0 aliphatic rings. The van der Waals surface area contributed by atoms with Crippen molar-refractivity contribution in [3.05, 3.63) is 425 Å². The van der Waals surface area contributed by atoms with Crippen LogP contribution in [-0.4, -0.2) is 29.9 Å². The fourth-order valence-electron chi connectivity index (χ4n) is 17.9. The van der Waals surface area contributed by atoms with E-state index in [1.807, 2.05) is 0 Å². The molecule has 23 aromatic rings. The lowest BCUT2D eigenvalue weighted by Gasteiger charge is -2.19. The van der Waals surface area contributed by atoms with Gasteiger partial charge in [0.15, 0.2) is 34.9 Å². The number of nitrogens with zero attached hydrogens (tertiary/aromatic N) is 6. The van der Waals surface area contributed by atoms with Crippen LogP contribution in [0.5, 0.6) is 0 Å². The fourth-order valence-corrected chi connectivity index (χ4v) is 17.9. The van der Waals surface area contributed by atoms with E-state index in [-0.39, 0.29) is 0 Å². The van der Waals surface area contributed by atoms with E-state index in [1.54, 1.807) is 0 Å². The number of fused-ring (bicyclic) bond motifs is 10. The zero-order valence-corrected chi connectivity index (χ0v) is 64.1. The van der Waals surface area contributed by atoms with Gasteiger partial charge in [0, 0.05) is 33.4 Å². The molecule has 0 saturated carbocycles. The molecule has 0 N–H and O–H groups in total. The van der Waals surface area contributed by atoms with E-state index < -0.39 is 0 Å². The average molecular weight is 1500 g/mol. The summed E-state index contributed by atoms with van der Waals surface area (Å²) in [5, 5.41) is 23.6. The van der Waals surface area contributed by atoms with Crippen molar-refractivity contribution in [1.82, 2.24) is 29.9 Å². The Hall–Kier alpha value is -15.8. The highest BCUT2D eigenvalue weighted by Gasteiger charge is 2.24. The largest absolute Gasteiger partial charge is 0.208 e. The molecule has 0 fully saturated rings. The van der Waals surface area contributed by atoms with E-state index in [4.69, 9.17) is 29.9 Å². The SMILES string of the molecule is c1cc(-c2nc(-c3cccc4ccccc34)nc(-c3cccc4ccccc34)n2)cc(-c2c3ccccc3c(-c3ccc(-c4ccc5ccccc5c4)cc3)c3ccccc23)c1.c1cc(-c2nc(-c3cccc4ccccc34)nc(-c3cccc4ccccc34)n2)cc(-c2c3ccccc3c(-c3cccc4ccccc34)c3ccccc23)c1. The molecular weight excluding hydrogens is 1430 g/mol. The van der Waals surface area contributed by atoms with Gasteiger partial charge in [-0.2, -0.15) is 0 Å². The molecule has 548 valence electrons. The van der Waals surface area contributed by atoms with Crippen LogP contribution in [0.1, 0.15) is 0 Å². The summed E-state index contributed by atoms with van der Waals surface area (Å²) in [7, 11) is 0. The maximum Gasteiger partial charge on any atom is 0.164 e. The first-order valence-corrected chi connectivity index (χ1v) is 40.1. The summed E-state index contributed by atoms with van der Waals surface area (Å²) in [4.78, 5) is 31.4. The van der Waals surface area contributed by atoms with Gasteiger partial charge in [0.05, 0.1) is 0 Å². The predicted octanol–water partition coefficient (Wildman–Crippen LogP) is 29.6. The van der Waals surface area contributed by atoms with Gasteiger partial charge >= 0.3 is 0 Å². The summed E-state index contributed by atoms with van der Waals surface area (Å²) in [5.41, 5.74) is 17.7. The molecule has 2 heterocycles. The minimum absolute atomic E-state index is 0.629.